The quantitative estimate of drug-likeness (QED) is 0.591. The van der Waals surface area contributed by atoms with Crippen molar-refractivity contribution in [2.75, 3.05) is 10.2 Å². The van der Waals surface area contributed by atoms with Crippen LogP contribution >= 0.6 is 23.2 Å². The average molecular weight is 429 g/mol. The van der Waals surface area contributed by atoms with E-state index >= 15 is 0 Å². The third kappa shape index (κ3) is 3.45. The molecule has 0 saturated heterocycles. The number of fused-ring (bicyclic) bond motifs is 1. The number of nitrogens with one attached hydrogen (secondary N) is 1. The van der Waals surface area contributed by atoms with Crippen molar-refractivity contribution in [1.29, 1.82) is 0 Å². The SMILES string of the molecule is CC(=O)N1c2ccccc2NC2=C(C(=O)CC(C)(C)C2)[C@H]1c1c(Cl)cccc1Cl. The van der Waals surface area contributed by atoms with Crippen molar-refractivity contribution in [3.05, 3.63) is 69.3 Å². The molecule has 0 saturated carbocycles. The van der Waals surface area contributed by atoms with Gasteiger partial charge in [0.05, 0.1) is 17.4 Å². The minimum Gasteiger partial charge on any atom is -0.357 e. The van der Waals surface area contributed by atoms with Crippen LogP contribution in [-0.4, -0.2) is 11.7 Å². The lowest BCUT2D eigenvalue weighted by atomic mass is 9.73. The van der Waals surface area contributed by atoms with Gasteiger partial charge in [-0.05, 0) is 36.1 Å². The maximum atomic E-state index is 13.4. The van der Waals surface area contributed by atoms with Gasteiger partial charge in [0.25, 0.3) is 0 Å². The van der Waals surface area contributed by atoms with Gasteiger partial charge in [-0.3, -0.25) is 14.5 Å². The van der Waals surface area contributed by atoms with E-state index in [2.05, 4.69) is 19.2 Å². The molecule has 0 fully saturated rings. The molecule has 0 spiro atoms. The molecular formula is C23H22Cl2N2O2. The summed E-state index contributed by atoms with van der Waals surface area (Å²) in [5, 5.41) is 4.31. The van der Waals surface area contributed by atoms with E-state index in [9.17, 15) is 9.59 Å². The predicted octanol–water partition coefficient (Wildman–Crippen LogP) is 6.16. The molecular weight excluding hydrogens is 407 g/mol. The Bertz CT molecular complexity index is 1040. The smallest absolute Gasteiger partial charge is 0.224 e. The minimum absolute atomic E-state index is 0.00351. The second kappa shape index (κ2) is 7.19. The lowest BCUT2D eigenvalue weighted by Crippen LogP contribution is -2.38. The van der Waals surface area contributed by atoms with Crippen molar-refractivity contribution in [2.24, 2.45) is 5.41 Å². The van der Waals surface area contributed by atoms with Crippen LogP contribution in [0.15, 0.2) is 53.7 Å². The van der Waals surface area contributed by atoms with E-state index in [-0.39, 0.29) is 17.1 Å². The number of ketones is 1. The third-order valence-corrected chi connectivity index (χ3v) is 6.17. The first-order valence-electron chi connectivity index (χ1n) is 9.55. The van der Waals surface area contributed by atoms with Crippen molar-refractivity contribution < 1.29 is 9.59 Å². The average Bonchev–Trinajstić information content (AvgIpc) is 2.74. The zero-order chi connectivity index (χ0) is 20.9. The first-order valence-corrected chi connectivity index (χ1v) is 10.3. The fourth-order valence-corrected chi connectivity index (χ4v) is 4.98. The largest absolute Gasteiger partial charge is 0.357 e. The highest BCUT2D eigenvalue weighted by Gasteiger charge is 2.43. The Kier molecular flexibility index (Phi) is 4.96. The van der Waals surface area contributed by atoms with Gasteiger partial charge in [-0.25, -0.2) is 0 Å². The number of halogens is 2. The highest BCUT2D eigenvalue weighted by Crippen LogP contribution is 2.50. The molecule has 2 aliphatic rings. The molecule has 1 N–H and O–H groups in total. The summed E-state index contributed by atoms with van der Waals surface area (Å²) in [4.78, 5) is 27.9. The van der Waals surface area contributed by atoms with Crippen LogP contribution in [0, 0.1) is 5.41 Å². The molecule has 4 rings (SSSR count). The van der Waals surface area contributed by atoms with Gasteiger partial charge in [-0.15, -0.1) is 0 Å². The Morgan fingerprint density at radius 3 is 2.38 bits per heavy atom. The molecule has 2 aromatic carbocycles. The summed E-state index contributed by atoms with van der Waals surface area (Å²) in [5.74, 6) is -0.185. The molecule has 1 atom stereocenters. The van der Waals surface area contributed by atoms with E-state index in [1.54, 1.807) is 23.1 Å². The van der Waals surface area contributed by atoms with Gasteiger partial charge in [-0.1, -0.05) is 55.2 Å². The summed E-state index contributed by atoms with van der Waals surface area (Å²) in [6, 6.07) is 12.1. The molecule has 2 aromatic rings. The highest BCUT2D eigenvalue weighted by molar-refractivity contribution is 6.36. The molecule has 6 heteroatoms. The molecule has 29 heavy (non-hydrogen) atoms. The number of para-hydroxylation sites is 2. The second-order valence-corrected chi connectivity index (χ2v) is 9.22. The molecule has 1 heterocycles. The van der Waals surface area contributed by atoms with Gasteiger partial charge in [0.2, 0.25) is 5.91 Å². The Balaban J connectivity index is 2.07. The minimum atomic E-state index is -0.691. The molecule has 1 aliphatic heterocycles. The van der Waals surface area contributed by atoms with Crippen LogP contribution in [0.2, 0.25) is 10.0 Å². The summed E-state index contributed by atoms with van der Waals surface area (Å²) in [6.07, 6.45) is 1.08. The van der Waals surface area contributed by atoms with E-state index < -0.39 is 6.04 Å². The van der Waals surface area contributed by atoms with Crippen LogP contribution < -0.4 is 10.2 Å². The van der Waals surface area contributed by atoms with Crippen LogP contribution in [0.1, 0.15) is 45.2 Å². The number of rotatable bonds is 1. The van der Waals surface area contributed by atoms with Crippen molar-refractivity contribution in [3.8, 4) is 0 Å². The number of Topliss-reactive ketones (excluding diaryl/α,β-unsaturated/α-hetero) is 1. The summed E-state index contributed by atoms with van der Waals surface area (Å²) in [5.41, 5.74) is 3.25. The number of hydrogen-bond donors (Lipinski definition) is 1. The number of allylic oxidation sites excluding steroid dienone is 1. The molecule has 150 valence electrons. The zero-order valence-electron chi connectivity index (χ0n) is 16.6. The number of carbonyl (C=O) groups excluding carboxylic acids is 2. The van der Waals surface area contributed by atoms with Crippen molar-refractivity contribution in [1.82, 2.24) is 0 Å². The first kappa shape index (κ1) is 20.0. The first-order chi connectivity index (χ1) is 13.7. The van der Waals surface area contributed by atoms with Gasteiger partial charge in [0.1, 0.15) is 0 Å². The Hall–Kier alpha value is -2.30. The van der Waals surface area contributed by atoms with E-state index in [1.165, 1.54) is 6.92 Å². The zero-order valence-corrected chi connectivity index (χ0v) is 18.1. The van der Waals surface area contributed by atoms with Crippen molar-refractivity contribution in [3.63, 3.8) is 0 Å². The maximum absolute atomic E-state index is 13.4. The van der Waals surface area contributed by atoms with E-state index in [1.807, 2.05) is 24.3 Å². The normalized spacial score (nSPS) is 20.5. The van der Waals surface area contributed by atoms with E-state index in [4.69, 9.17) is 23.2 Å². The van der Waals surface area contributed by atoms with Crippen LogP contribution in [0.4, 0.5) is 11.4 Å². The molecule has 4 nitrogen and oxygen atoms in total. The number of benzene rings is 2. The Labute approximate surface area is 180 Å². The predicted molar refractivity (Wildman–Crippen MR) is 117 cm³/mol. The lowest BCUT2D eigenvalue weighted by molar-refractivity contribution is -0.118. The lowest BCUT2D eigenvalue weighted by Gasteiger charge is -2.37. The van der Waals surface area contributed by atoms with Crippen molar-refractivity contribution >= 4 is 46.3 Å². The molecule has 0 radical (unpaired) electrons. The van der Waals surface area contributed by atoms with Gasteiger partial charge in [-0.2, -0.15) is 0 Å². The van der Waals surface area contributed by atoms with Crippen molar-refractivity contribution in [2.45, 2.75) is 39.7 Å². The summed E-state index contributed by atoms with van der Waals surface area (Å²) in [6.45, 7) is 5.65. The van der Waals surface area contributed by atoms with Gasteiger partial charge in [0.15, 0.2) is 5.78 Å². The second-order valence-electron chi connectivity index (χ2n) is 8.40. The fraction of sp³-hybridized carbons (Fsp3) is 0.304. The number of carbonyl (C=O) groups is 2. The van der Waals surface area contributed by atoms with E-state index in [0.717, 1.165) is 11.4 Å². The molecule has 1 amide bonds. The Morgan fingerprint density at radius 2 is 1.72 bits per heavy atom. The number of amides is 1. The molecule has 1 aliphatic carbocycles. The number of hydrogen-bond acceptors (Lipinski definition) is 3. The van der Waals surface area contributed by atoms with Crippen LogP contribution in [0.25, 0.3) is 0 Å². The summed E-state index contributed by atoms with van der Waals surface area (Å²) < 4.78 is 0. The molecule has 0 aromatic heterocycles. The monoisotopic (exact) mass is 428 g/mol. The van der Waals surface area contributed by atoms with Gasteiger partial charge < -0.3 is 5.32 Å². The Morgan fingerprint density at radius 1 is 1.07 bits per heavy atom. The fourth-order valence-electron chi connectivity index (χ4n) is 4.38. The highest BCUT2D eigenvalue weighted by atomic mass is 35.5. The number of nitrogens with zero attached hydrogens (tertiary/aromatic N) is 1. The summed E-state index contributed by atoms with van der Waals surface area (Å²) >= 11 is 13.1. The van der Waals surface area contributed by atoms with Gasteiger partial charge in [0, 0.05) is 40.2 Å². The van der Waals surface area contributed by atoms with Crippen LogP contribution in [0.5, 0.6) is 0 Å². The number of anilines is 2. The maximum Gasteiger partial charge on any atom is 0.224 e. The van der Waals surface area contributed by atoms with Crippen LogP contribution in [-0.2, 0) is 9.59 Å². The third-order valence-electron chi connectivity index (χ3n) is 5.51. The molecule has 0 unspecified atom stereocenters. The summed E-state index contributed by atoms with van der Waals surface area (Å²) in [7, 11) is 0. The standard InChI is InChI=1S/C23H22Cl2N2O2/c1-13(28)27-18-10-5-4-9-16(18)26-17-11-23(2,3)12-19(29)21(17)22(27)20-14(24)7-6-8-15(20)25/h4-10,22,26H,11-12H2,1-3H3/t22-/m1/s1. The van der Waals surface area contributed by atoms with Gasteiger partial charge >= 0.3 is 0 Å². The van der Waals surface area contributed by atoms with Crippen LogP contribution in [0.3, 0.4) is 0 Å². The van der Waals surface area contributed by atoms with E-state index in [0.29, 0.717) is 39.7 Å². The topological polar surface area (TPSA) is 49.4 Å². The molecule has 0 bridgehead atoms.